The van der Waals surface area contributed by atoms with Crippen molar-refractivity contribution < 1.29 is 14.3 Å². The molecule has 5 heteroatoms. The molecule has 0 spiro atoms. The molecule has 28 heavy (non-hydrogen) atoms. The Balaban J connectivity index is 1.84. The second kappa shape index (κ2) is 8.50. The Kier molecular flexibility index (Phi) is 5.65. The number of nitrogens with zero attached hydrogens (tertiary/aromatic N) is 2. The van der Waals surface area contributed by atoms with Crippen LogP contribution in [0.4, 0.5) is 0 Å². The second-order valence-corrected chi connectivity index (χ2v) is 6.84. The van der Waals surface area contributed by atoms with Crippen molar-refractivity contribution in [1.29, 1.82) is 0 Å². The largest absolute Gasteiger partial charge is 0.462 e. The summed E-state index contributed by atoms with van der Waals surface area (Å²) in [5.41, 5.74) is 4.30. The van der Waals surface area contributed by atoms with E-state index in [0.717, 1.165) is 60.6 Å². The summed E-state index contributed by atoms with van der Waals surface area (Å²) >= 11 is 0. The highest BCUT2D eigenvalue weighted by molar-refractivity contribution is 6.05. The molecule has 2 heterocycles. The number of benzene rings is 2. The molecule has 0 unspecified atom stereocenters. The van der Waals surface area contributed by atoms with Crippen molar-refractivity contribution in [1.82, 2.24) is 9.88 Å². The van der Waals surface area contributed by atoms with Crippen molar-refractivity contribution >= 4 is 16.9 Å². The van der Waals surface area contributed by atoms with E-state index in [0.29, 0.717) is 12.2 Å². The lowest BCUT2D eigenvalue weighted by Crippen LogP contribution is -2.35. The number of para-hydroxylation sites is 1. The molecule has 5 nitrogen and oxygen atoms in total. The van der Waals surface area contributed by atoms with Gasteiger partial charge >= 0.3 is 5.97 Å². The van der Waals surface area contributed by atoms with Gasteiger partial charge in [0.15, 0.2) is 0 Å². The molecule has 0 atom stereocenters. The first-order valence-corrected chi connectivity index (χ1v) is 9.71. The van der Waals surface area contributed by atoms with Crippen molar-refractivity contribution in [2.45, 2.75) is 13.5 Å². The van der Waals surface area contributed by atoms with Gasteiger partial charge < -0.3 is 9.47 Å². The summed E-state index contributed by atoms with van der Waals surface area (Å²) < 4.78 is 10.8. The average Bonchev–Trinajstić information content (AvgIpc) is 2.75. The number of morpholine rings is 1. The minimum Gasteiger partial charge on any atom is -0.462 e. The zero-order chi connectivity index (χ0) is 19.3. The Bertz CT molecular complexity index is 966. The number of carbonyl (C=O) groups excluding carboxylic acids is 1. The fraction of sp³-hybridized carbons (Fsp3) is 0.304. The van der Waals surface area contributed by atoms with Crippen LogP contribution in [0.15, 0.2) is 54.6 Å². The molecule has 0 amide bonds. The van der Waals surface area contributed by atoms with Crippen LogP contribution in [-0.2, 0) is 16.0 Å². The van der Waals surface area contributed by atoms with Crippen molar-refractivity contribution in [2.24, 2.45) is 0 Å². The van der Waals surface area contributed by atoms with Crippen LogP contribution in [0.25, 0.3) is 22.2 Å². The van der Waals surface area contributed by atoms with E-state index in [-0.39, 0.29) is 5.97 Å². The molecular weight excluding hydrogens is 352 g/mol. The minimum atomic E-state index is -0.310. The van der Waals surface area contributed by atoms with Crippen LogP contribution < -0.4 is 0 Å². The lowest BCUT2D eigenvalue weighted by Gasteiger charge is -2.27. The van der Waals surface area contributed by atoms with E-state index >= 15 is 0 Å². The van der Waals surface area contributed by atoms with Gasteiger partial charge in [0, 0.05) is 30.6 Å². The quantitative estimate of drug-likeness (QED) is 0.632. The lowest BCUT2D eigenvalue weighted by molar-refractivity contribution is 0.0343. The topological polar surface area (TPSA) is 51.7 Å². The van der Waals surface area contributed by atoms with Gasteiger partial charge in [0.2, 0.25) is 0 Å². The van der Waals surface area contributed by atoms with Gasteiger partial charge in [-0.3, -0.25) is 4.90 Å². The van der Waals surface area contributed by atoms with Crippen molar-refractivity contribution in [3.05, 3.63) is 65.7 Å². The minimum absolute atomic E-state index is 0.310. The third-order valence-electron chi connectivity index (χ3n) is 4.99. The molecule has 0 N–H and O–H groups in total. The van der Waals surface area contributed by atoms with E-state index in [1.165, 1.54) is 0 Å². The number of rotatable bonds is 5. The number of esters is 1. The lowest BCUT2D eigenvalue weighted by atomic mass is 10.0. The molecule has 1 fully saturated rings. The van der Waals surface area contributed by atoms with E-state index in [1.54, 1.807) is 0 Å². The van der Waals surface area contributed by atoms with E-state index < -0.39 is 0 Å². The van der Waals surface area contributed by atoms with E-state index in [2.05, 4.69) is 11.0 Å². The molecule has 1 aromatic heterocycles. The Labute approximate surface area is 164 Å². The van der Waals surface area contributed by atoms with Gasteiger partial charge in [-0.25, -0.2) is 9.78 Å². The molecule has 4 rings (SSSR count). The highest BCUT2D eigenvalue weighted by Gasteiger charge is 2.18. The molecule has 3 aromatic rings. The predicted octanol–water partition coefficient (Wildman–Crippen LogP) is 3.91. The summed E-state index contributed by atoms with van der Waals surface area (Å²) in [7, 11) is 0. The molecule has 1 saturated heterocycles. The number of hydrogen-bond acceptors (Lipinski definition) is 5. The van der Waals surface area contributed by atoms with Crippen LogP contribution in [-0.4, -0.2) is 48.8 Å². The number of pyridine rings is 1. The summed E-state index contributed by atoms with van der Waals surface area (Å²) in [5, 5.41) is 0.837. The highest BCUT2D eigenvalue weighted by Crippen LogP contribution is 2.28. The van der Waals surface area contributed by atoms with Crippen molar-refractivity contribution in [3.8, 4) is 11.3 Å². The standard InChI is InChI=1S/C23H24N2O3/c1-2-28-23(26)20-15-21(17-7-4-3-5-8-17)24-22-18(9-6-10-19(20)22)16-25-11-13-27-14-12-25/h3-10,15H,2,11-14,16H2,1H3. The first-order valence-electron chi connectivity index (χ1n) is 9.71. The van der Waals surface area contributed by atoms with Crippen LogP contribution in [0.1, 0.15) is 22.8 Å². The van der Waals surface area contributed by atoms with Gasteiger partial charge in [0.25, 0.3) is 0 Å². The van der Waals surface area contributed by atoms with Crippen molar-refractivity contribution in [2.75, 3.05) is 32.9 Å². The van der Waals surface area contributed by atoms with Crippen LogP contribution in [0.5, 0.6) is 0 Å². The van der Waals surface area contributed by atoms with Gasteiger partial charge in [-0.15, -0.1) is 0 Å². The van der Waals surface area contributed by atoms with E-state index in [9.17, 15) is 4.79 Å². The molecule has 0 radical (unpaired) electrons. The summed E-state index contributed by atoms with van der Waals surface area (Å²) in [4.78, 5) is 20.0. The Morgan fingerprint density at radius 2 is 1.89 bits per heavy atom. The van der Waals surface area contributed by atoms with Gasteiger partial charge in [-0.1, -0.05) is 48.5 Å². The van der Waals surface area contributed by atoms with Crippen LogP contribution in [0.3, 0.4) is 0 Å². The molecule has 0 bridgehead atoms. The Morgan fingerprint density at radius 3 is 2.64 bits per heavy atom. The fourth-order valence-electron chi connectivity index (χ4n) is 3.57. The summed E-state index contributed by atoms with van der Waals surface area (Å²) in [6.07, 6.45) is 0. The van der Waals surface area contributed by atoms with Gasteiger partial charge in [0.05, 0.1) is 36.6 Å². The summed E-state index contributed by atoms with van der Waals surface area (Å²) in [5.74, 6) is -0.310. The second-order valence-electron chi connectivity index (χ2n) is 6.84. The van der Waals surface area contributed by atoms with Gasteiger partial charge in [-0.2, -0.15) is 0 Å². The Hall–Kier alpha value is -2.76. The zero-order valence-electron chi connectivity index (χ0n) is 16.1. The smallest absolute Gasteiger partial charge is 0.338 e. The normalized spacial score (nSPS) is 14.9. The monoisotopic (exact) mass is 376 g/mol. The third-order valence-corrected chi connectivity index (χ3v) is 4.99. The molecule has 1 aliphatic heterocycles. The first kappa shape index (κ1) is 18.6. The number of carbonyl (C=O) groups is 1. The maximum absolute atomic E-state index is 12.7. The highest BCUT2D eigenvalue weighted by atomic mass is 16.5. The SMILES string of the molecule is CCOC(=O)c1cc(-c2ccccc2)nc2c(CN3CCOCC3)cccc12. The average molecular weight is 376 g/mol. The van der Waals surface area contributed by atoms with Crippen LogP contribution in [0, 0.1) is 0 Å². The number of ether oxygens (including phenoxy) is 2. The van der Waals surface area contributed by atoms with Gasteiger partial charge in [0.1, 0.15) is 0 Å². The first-order chi connectivity index (χ1) is 13.8. The fourth-order valence-corrected chi connectivity index (χ4v) is 3.57. The molecule has 0 aliphatic carbocycles. The summed E-state index contributed by atoms with van der Waals surface area (Å²) in [6.45, 7) is 6.26. The number of hydrogen-bond donors (Lipinski definition) is 0. The number of fused-ring (bicyclic) bond motifs is 1. The van der Waals surface area contributed by atoms with Gasteiger partial charge in [-0.05, 0) is 18.6 Å². The molecular formula is C23H24N2O3. The zero-order valence-corrected chi connectivity index (χ0v) is 16.1. The molecule has 144 valence electrons. The van der Waals surface area contributed by atoms with Crippen molar-refractivity contribution in [3.63, 3.8) is 0 Å². The van der Waals surface area contributed by atoms with E-state index in [1.807, 2.05) is 55.5 Å². The molecule has 2 aromatic carbocycles. The van der Waals surface area contributed by atoms with Crippen LogP contribution >= 0.6 is 0 Å². The maximum Gasteiger partial charge on any atom is 0.338 e. The van der Waals surface area contributed by atoms with E-state index in [4.69, 9.17) is 14.5 Å². The maximum atomic E-state index is 12.7. The third kappa shape index (κ3) is 3.91. The summed E-state index contributed by atoms with van der Waals surface area (Å²) in [6, 6.07) is 17.8. The Morgan fingerprint density at radius 1 is 1.11 bits per heavy atom. The number of aromatic nitrogens is 1. The molecule has 0 saturated carbocycles. The van der Waals surface area contributed by atoms with Crippen LogP contribution in [0.2, 0.25) is 0 Å². The predicted molar refractivity (Wildman–Crippen MR) is 109 cm³/mol. The molecule has 1 aliphatic rings.